The number of carbonyl (C=O) groups excluding carboxylic acids is 2. The van der Waals surface area contributed by atoms with Gasteiger partial charge < -0.3 is 15.5 Å². The number of nitrogens with one attached hydrogen (secondary N) is 2. The highest BCUT2D eigenvalue weighted by Crippen LogP contribution is 2.17. The Kier molecular flexibility index (Phi) is 3.66. The van der Waals surface area contributed by atoms with Gasteiger partial charge in [-0.05, 0) is 20.3 Å². The number of nitrogens with zero attached hydrogens (tertiary/aromatic N) is 1. The molecule has 2 saturated heterocycles. The molecule has 0 spiro atoms. The zero-order valence-corrected chi connectivity index (χ0v) is 10.5. The minimum Gasteiger partial charge on any atom is -0.355 e. The molecule has 2 aliphatic rings. The molecule has 2 amide bonds. The molecular formula is C12H21N3O2. The number of carbonyl (C=O) groups is 2. The third-order valence-corrected chi connectivity index (χ3v) is 3.66. The lowest BCUT2D eigenvalue weighted by Crippen LogP contribution is -2.58. The van der Waals surface area contributed by atoms with Crippen LogP contribution in [0.2, 0.25) is 0 Å². The van der Waals surface area contributed by atoms with Crippen molar-refractivity contribution in [1.29, 1.82) is 0 Å². The van der Waals surface area contributed by atoms with Gasteiger partial charge in [-0.1, -0.05) is 0 Å². The van der Waals surface area contributed by atoms with Crippen molar-refractivity contribution >= 4 is 11.8 Å². The summed E-state index contributed by atoms with van der Waals surface area (Å²) in [4.78, 5) is 25.4. The Bertz CT molecular complexity index is 309. The van der Waals surface area contributed by atoms with Crippen LogP contribution in [0.1, 0.15) is 26.7 Å². The van der Waals surface area contributed by atoms with Crippen LogP contribution in [0.4, 0.5) is 0 Å². The second-order valence-corrected chi connectivity index (χ2v) is 5.19. The van der Waals surface area contributed by atoms with Gasteiger partial charge in [0.15, 0.2) is 0 Å². The second-order valence-electron chi connectivity index (χ2n) is 5.19. The number of amides is 2. The predicted octanol–water partition coefficient (Wildman–Crippen LogP) is -0.279. The first-order chi connectivity index (χ1) is 8.08. The standard InChI is InChI=1S/C12H21N3O2/c1-8-7-15(9(2)5-13-8)12(17)10-3-4-11(16)14-6-10/h8-10,13H,3-7H2,1-2H3,(H,14,16). The van der Waals surface area contributed by atoms with Crippen LogP contribution in [0.5, 0.6) is 0 Å². The lowest BCUT2D eigenvalue weighted by Gasteiger charge is -2.40. The van der Waals surface area contributed by atoms with Gasteiger partial charge in [0.2, 0.25) is 11.8 Å². The van der Waals surface area contributed by atoms with E-state index < -0.39 is 0 Å². The van der Waals surface area contributed by atoms with Crippen molar-refractivity contribution in [3.05, 3.63) is 0 Å². The molecule has 5 nitrogen and oxygen atoms in total. The molecule has 0 bridgehead atoms. The van der Waals surface area contributed by atoms with E-state index in [4.69, 9.17) is 0 Å². The van der Waals surface area contributed by atoms with Crippen LogP contribution >= 0.6 is 0 Å². The van der Waals surface area contributed by atoms with Gasteiger partial charge in [-0.2, -0.15) is 0 Å². The Balaban J connectivity index is 1.96. The van der Waals surface area contributed by atoms with E-state index in [-0.39, 0.29) is 23.8 Å². The van der Waals surface area contributed by atoms with Crippen molar-refractivity contribution < 1.29 is 9.59 Å². The lowest BCUT2D eigenvalue weighted by atomic mass is 9.96. The molecule has 3 unspecified atom stereocenters. The maximum absolute atomic E-state index is 12.4. The van der Waals surface area contributed by atoms with Gasteiger partial charge in [0.25, 0.3) is 0 Å². The molecule has 2 fully saturated rings. The molecule has 0 radical (unpaired) electrons. The van der Waals surface area contributed by atoms with Crippen molar-refractivity contribution in [3.8, 4) is 0 Å². The molecule has 2 heterocycles. The topological polar surface area (TPSA) is 61.4 Å². The Morgan fingerprint density at radius 1 is 1.35 bits per heavy atom. The Hall–Kier alpha value is -1.10. The third kappa shape index (κ3) is 2.77. The summed E-state index contributed by atoms with van der Waals surface area (Å²) in [5, 5.41) is 6.14. The van der Waals surface area contributed by atoms with Gasteiger partial charge in [-0.25, -0.2) is 0 Å². The maximum atomic E-state index is 12.4. The highest BCUT2D eigenvalue weighted by atomic mass is 16.2. The molecule has 2 N–H and O–H groups in total. The fraction of sp³-hybridized carbons (Fsp3) is 0.833. The van der Waals surface area contributed by atoms with E-state index in [1.165, 1.54) is 0 Å². The zero-order valence-electron chi connectivity index (χ0n) is 10.5. The van der Waals surface area contributed by atoms with Crippen molar-refractivity contribution in [3.63, 3.8) is 0 Å². The van der Waals surface area contributed by atoms with E-state index >= 15 is 0 Å². The highest BCUT2D eigenvalue weighted by Gasteiger charge is 2.33. The van der Waals surface area contributed by atoms with Crippen LogP contribution in [0.25, 0.3) is 0 Å². The van der Waals surface area contributed by atoms with Gasteiger partial charge >= 0.3 is 0 Å². The van der Waals surface area contributed by atoms with E-state index in [0.29, 0.717) is 25.4 Å². The number of rotatable bonds is 1. The van der Waals surface area contributed by atoms with Gasteiger partial charge in [-0.3, -0.25) is 9.59 Å². The van der Waals surface area contributed by atoms with Crippen molar-refractivity contribution in [2.45, 2.75) is 38.8 Å². The fourth-order valence-electron chi connectivity index (χ4n) is 2.51. The first-order valence-corrected chi connectivity index (χ1v) is 6.38. The SMILES string of the molecule is CC1CN(C(=O)C2CCC(=O)NC2)C(C)CN1. The first kappa shape index (κ1) is 12.4. The van der Waals surface area contributed by atoms with Gasteiger partial charge in [0.05, 0.1) is 5.92 Å². The summed E-state index contributed by atoms with van der Waals surface area (Å²) in [5.74, 6) is 0.238. The predicted molar refractivity (Wildman–Crippen MR) is 64.4 cm³/mol. The number of hydrogen-bond donors (Lipinski definition) is 2. The quantitative estimate of drug-likeness (QED) is 0.661. The van der Waals surface area contributed by atoms with Gasteiger partial charge in [0, 0.05) is 38.1 Å². The van der Waals surface area contributed by atoms with Crippen LogP contribution < -0.4 is 10.6 Å². The third-order valence-electron chi connectivity index (χ3n) is 3.66. The van der Waals surface area contributed by atoms with Crippen LogP contribution in [-0.2, 0) is 9.59 Å². The van der Waals surface area contributed by atoms with Gasteiger partial charge in [0.1, 0.15) is 0 Å². The Labute approximate surface area is 102 Å². The summed E-state index contributed by atoms with van der Waals surface area (Å²) in [6.45, 7) is 6.28. The van der Waals surface area contributed by atoms with E-state index in [2.05, 4.69) is 24.5 Å². The summed E-state index contributed by atoms with van der Waals surface area (Å²) in [6, 6.07) is 0.602. The number of hydrogen-bond acceptors (Lipinski definition) is 3. The van der Waals surface area contributed by atoms with Crippen molar-refractivity contribution in [1.82, 2.24) is 15.5 Å². The van der Waals surface area contributed by atoms with E-state index in [9.17, 15) is 9.59 Å². The summed E-state index contributed by atoms with van der Waals surface area (Å²) in [5.41, 5.74) is 0. The van der Waals surface area contributed by atoms with Crippen molar-refractivity contribution in [2.75, 3.05) is 19.6 Å². The van der Waals surface area contributed by atoms with Crippen LogP contribution in [0.15, 0.2) is 0 Å². The average Bonchev–Trinajstić information content (AvgIpc) is 2.32. The molecule has 3 atom stereocenters. The molecule has 0 saturated carbocycles. The summed E-state index contributed by atoms with van der Waals surface area (Å²) in [7, 11) is 0. The van der Waals surface area contributed by atoms with Crippen LogP contribution in [0.3, 0.4) is 0 Å². The number of piperazine rings is 1. The minimum absolute atomic E-state index is 0.0274. The lowest BCUT2D eigenvalue weighted by molar-refractivity contribution is -0.140. The zero-order chi connectivity index (χ0) is 12.4. The summed E-state index contributed by atoms with van der Waals surface area (Å²) in [6.07, 6.45) is 1.17. The highest BCUT2D eigenvalue weighted by molar-refractivity contribution is 5.84. The molecule has 17 heavy (non-hydrogen) atoms. The monoisotopic (exact) mass is 239 g/mol. The Morgan fingerprint density at radius 2 is 2.12 bits per heavy atom. The maximum Gasteiger partial charge on any atom is 0.227 e. The molecule has 0 aliphatic carbocycles. The average molecular weight is 239 g/mol. The molecule has 2 rings (SSSR count). The van der Waals surface area contributed by atoms with Crippen LogP contribution in [0, 0.1) is 5.92 Å². The minimum atomic E-state index is -0.0274. The second kappa shape index (κ2) is 5.04. The molecule has 0 aromatic carbocycles. The number of piperidine rings is 1. The molecule has 0 aromatic heterocycles. The smallest absolute Gasteiger partial charge is 0.227 e. The van der Waals surface area contributed by atoms with Gasteiger partial charge in [-0.15, -0.1) is 0 Å². The molecule has 0 aromatic rings. The molecule has 2 aliphatic heterocycles. The summed E-state index contributed by atoms with van der Waals surface area (Å²) >= 11 is 0. The largest absolute Gasteiger partial charge is 0.355 e. The molecule has 96 valence electrons. The fourth-order valence-corrected chi connectivity index (χ4v) is 2.51. The van der Waals surface area contributed by atoms with E-state index in [0.717, 1.165) is 13.1 Å². The molecular weight excluding hydrogens is 218 g/mol. The Morgan fingerprint density at radius 3 is 2.76 bits per heavy atom. The van der Waals surface area contributed by atoms with E-state index in [1.54, 1.807) is 0 Å². The normalized spacial score (nSPS) is 34.4. The first-order valence-electron chi connectivity index (χ1n) is 6.38. The summed E-state index contributed by atoms with van der Waals surface area (Å²) < 4.78 is 0. The van der Waals surface area contributed by atoms with E-state index in [1.807, 2.05) is 4.90 Å². The van der Waals surface area contributed by atoms with Crippen molar-refractivity contribution in [2.24, 2.45) is 5.92 Å². The molecule has 5 heteroatoms. The van der Waals surface area contributed by atoms with Crippen LogP contribution in [-0.4, -0.2) is 48.4 Å².